The Balaban J connectivity index is 1.52. The van der Waals surface area contributed by atoms with Crippen LogP contribution in [0.5, 0.6) is 0 Å². The van der Waals surface area contributed by atoms with Gasteiger partial charge in [0.1, 0.15) is 17.1 Å². The van der Waals surface area contributed by atoms with Crippen LogP contribution >= 0.6 is 34.9 Å². The summed E-state index contributed by atoms with van der Waals surface area (Å²) in [6.07, 6.45) is 5.16. The quantitative estimate of drug-likeness (QED) is 0.0350. The fourth-order valence-corrected chi connectivity index (χ4v) is 6.98. The first-order valence-corrected chi connectivity index (χ1v) is 14.2. The summed E-state index contributed by atoms with van der Waals surface area (Å²) in [4.78, 5) is 52.6. The van der Waals surface area contributed by atoms with Gasteiger partial charge in [-0.25, -0.2) is 9.55 Å². The standard InChI is InChI=1S/C22H23N9O5S3/c1-3-5-36-29-14(11-9-38-21(25)26-11)17(32)28-15-18(33)31-16(20(34)35)10(7-37-19(15)31)8-39-22-27-12(23)6-13(24)30(22)4-2/h1,6,9,15,19H,4-5,7-8H2,2H3,(H7,23,24,25,26,28,32,34,35)/b29-14-/t15?,19-/m1/s1. The van der Waals surface area contributed by atoms with E-state index in [0.717, 1.165) is 16.2 Å². The number of amides is 2. The van der Waals surface area contributed by atoms with Gasteiger partial charge in [-0.2, -0.15) is 0 Å². The number of β-lactam (4-membered cyclic amide) rings is 1. The Kier molecular flexibility index (Phi) is 8.47. The average molecular weight is 590 g/mol. The first-order valence-electron chi connectivity index (χ1n) is 11.3. The van der Waals surface area contributed by atoms with Crippen LogP contribution in [0, 0.1) is 12.3 Å². The number of hydrogen-bond acceptors (Lipinski definition) is 14. The fourth-order valence-electron chi connectivity index (χ4n) is 3.85. The number of terminal acetylenes is 1. The van der Waals surface area contributed by atoms with Crippen LogP contribution in [0.15, 0.2) is 33.0 Å². The molecule has 1 unspecified atom stereocenters. The van der Waals surface area contributed by atoms with Crippen molar-refractivity contribution >= 4 is 75.1 Å². The summed E-state index contributed by atoms with van der Waals surface area (Å²) in [5.74, 6) is 0.484. The van der Waals surface area contributed by atoms with E-state index in [9.17, 15) is 19.5 Å². The molecule has 2 aliphatic heterocycles. The Morgan fingerprint density at radius 1 is 1.41 bits per heavy atom. The highest BCUT2D eigenvalue weighted by Crippen LogP contribution is 2.41. The van der Waals surface area contributed by atoms with Crippen LogP contribution in [-0.2, 0) is 25.8 Å². The molecule has 39 heavy (non-hydrogen) atoms. The van der Waals surface area contributed by atoms with Crippen molar-refractivity contribution < 1.29 is 28.9 Å². The molecule has 1 fully saturated rings. The van der Waals surface area contributed by atoms with E-state index in [-0.39, 0.29) is 46.2 Å². The maximum atomic E-state index is 13.1. The van der Waals surface area contributed by atoms with Crippen molar-refractivity contribution in [3.05, 3.63) is 28.4 Å². The number of thiazole rings is 1. The maximum absolute atomic E-state index is 13.1. The second-order valence-electron chi connectivity index (χ2n) is 8.01. The summed E-state index contributed by atoms with van der Waals surface area (Å²) < 4.78 is 1.74. The normalized spacial score (nSPS) is 18.7. The molecule has 204 valence electrons. The maximum Gasteiger partial charge on any atom is 0.301 e. The SMILES string of the molecule is C#CCO/N=C(\C(=O)NC1C(=O)N2C(C(=O)[O-])=C(CSc3nc(N)cc(N)[n+]3CC)CS[C@H]12)c1csc(N)n1. The molecule has 0 aromatic carbocycles. The zero-order valence-corrected chi connectivity index (χ0v) is 22.9. The Morgan fingerprint density at radius 2 is 2.18 bits per heavy atom. The lowest BCUT2D eigenvalue weighted by molar-refractivity contribution is -0.719. The number of thioether (sulfide) groups is 2. The zero-order valence-electron chi connectivity index (χ0n) is 20.4. The molecule has 2 aliphatic rings. The topological polar surface area (TPSA) is 219 Å². The third-order valence-corrected chi connectivity index (χ3v) is 8.64. The van der Waals surface area contributed by atoms with Crippen LogP contribution in [0.3, 0.4) is 0 Å². The summed E-state index contributed by atoms with van der Waals surface area (Å²) in [7, 11) is 0. The van der Waals surface area contributed by atoms with Crippen LogP contribution < -0.4 is 32.2 Å². The van der Waals surface area contributed by atoms with E-state index < -0.39 is 29.2 Å². The summed E-state index contributed by atoms with van der Waals surface area (Å²) >= 11 is 3.63. The highest BCUT2D eigenvalue weighted by Gasteiger charge is 2.53. The molecule has 2 atom stereocenters. The molecule has 4 heterocycles. The number of rotatable bonds is 10. The summed E-state index contributed by atoms with van der Waals surface area (Å²) in [5, 5.41) is 20.0. The van der Waals surface area contributed by atoms with E-state index >= 15 is 0 Å². The van der Waals surface area contributed by atoms with Crippen LogP contribution in [0.2, 0.25) is 0 Å². The minimum atomic E-state index is -1.50. The number of aromatic nitrogens is 3. The molecule has 0 spiro atoms. The number of carboxylic acids is 1. The van der Waals surface area contributed by atoms with Crippen LogP contribution in [0.25, 0.3) is 0 Å². The van der Waals surface area contributed by atoms with E-state index in [1.54, 1.807) is 4.57 Å². The molecule has 17 heteroatoms. The summed E-state index contributed by atoms with van der Waals surface area (Å²) in [5.41, 5.74) is 17.7. The number of oxime groups is 1. The summed E-state index contributed by atoms with van der Waals surface area (Å²) in [6, 6.07) is 0.520. The largest absolute Gasteiger partial charge is 0.543 e. The number of nitrogens with one attached hydrogen (secondary N) is 1. The molecule has 2 amide bonds. The van der Waals surface area contributed by atoms with Crippen molar-refractivity contribution in [2.45, 2.75) is 30.0 Å². The number of nitrogens with two attached hydrogens (primary N) is 3. The molecule has 2 aromatic rings. The third kappa shape index (κ3) is 5.72. The molecule has 1 saturated heterocycles. The molecule has 14 nitrogen and oxygen atoms in total. The Bertz CT molecular complexity index is 1430. The number of carboxylic acid groups (broad SMARTS) is 1. The van der Waals surface area contributed by atoms with E-state index in [1.165, 1.54) is 35.0 Å². The number of aliphatic carboxylic acids is 1. The van der Waals surface area contributed by atoms with Gasteiger partial charge < -0.3 is 37.3 Å². The molecule has 0 radical (unpaired) electrons. The molecule has 4 rings (SSSR count). The predicted octanol–water partition coefficient (Wildman–Crippen LogP) is -1.86. The zero-order chi connectivity index (χ0) is 28.3. The minimum Gasteiger partial charge on any atom is -0.543 e. The van der Waals surface area contributed by atoms with Crippen molar-refractivity contribution in [1.82, 2.24) is 20.2 Å². The van der Waals surface area contributed by atoms with Crippen LogP contribution in [-0.4, -0.2) is 67.9 Å². The predicted molar refractivity (Wildman–Crippen MR) is 145 cm³/mol. The monoisotopic (exact) mass is 589 g/mol. The lowest BCUT2D eigenvalue weighted by Crippen LogP contribution is -2.71. The fraction of sp³-hybridized carbons (Fsp3) is 0.318. The highest BCUT2D eigenvalue weighted by atomic mass is 32.2. The van der Waals surface area contributed by atoms with Crippen LogP contribution in [0.4, 0.5) is 16.8 Å². The second-order valence-corrected chi connectivity index (χ2v) is 10.9. The van der Waals surface area contributed by atoms with Crippen molar-refractivity contribution in [2.75, 3.05) is 35.3 Å². The van der Waals surface area contributed by atoms with Crippen LogP contribution in [0.1, 0.15) is 12.6 Å². The van der Waals surface area contributed by atoms with Crippen molar-refractivity contribution in [1.29, 1.82) is 0 Å². The third-order valence-electron chi connectivity index (χ3n) is 5.57. The summed E-state index contributed by atoms with van der Waals surface area (Å²) in [6.45, 7) is 2.23. The molecule has 0 saturated carbocycles. The van der Waals surface area contributed by atoms with Gasteiger partial charge >= 0.3 is 5.16 Å². The van der Waals surface area contributed by atoms with Gasteiger partial charge in [-0.1, -0.05) is 16.1 Å². The molecule has 7 N–H and O–H groups in total. The lowest BCUT2D eigenvalue weighted by atomic mass is 10.0. The van der Waals surface area contributed by atoms with Gasteiger partial charge in [0, 0.05) is 16.9 Å². The molecule has 2 aromatic heterocycles. The van der Waals surface area contributed by atoms with E-state index in [0.29, 0.717) is 23.1 Å². The van der Waals surface area contributed by atoms with Gasteiger partial charge in [0.05, 0.1) is 24.3 Å². The van der Waals surface area contributed by atoms with E-state index in [2.05, 4.69) is 26.4 Å². The average Bonchev–Trinajstić information content (AvgIpc) is 3.33. The van der Waals surface area contributed by atoms with E-state index in [1.807, 2.05) is 6.92 Å². The van der Waals surface area contributed by atoms with Gasteiger partial charge in [0.15, 0.2) is 17.5 Å². The number of nitrogens with zero attached hydrogens (tertiary/aromatic N) is 5. The van der Waals surface area contributed by atoms with Gasteiger partial charge in [-0.15, -0.1) is 29.5 Å². The van der Waals surface area contributed by atoms with Gasteiger partial charge in [-0.3, -0.25) is 14.5 Å². The van der Waals surface area contributed by atoms with Crippen molar-refractivity contribution in [3.8, 4) is 12.3 Å². The Hall–Kier alpha value is -4.01. The Morgan fingerprint density at radius 3 is 2.82 bits per heavy atom. The number of nitrogen functional groups attached to an aromatic ring is 3. The first-order chi connectivity index (χ1) is 18.7. The molecule has 0 aliphatic carbocycles. The number of hydrogen-bond donors (Lipinski definition) is 4. The molecular weight excluding hydrogens is 567 g/mol. The second kappa shape index (κ2) is 11.8. The lowest BCUT2D eigenvalue weighted by Gasteiger charge is -2.50. The minimum absolute atomic E-state index is 0.140. The van der Waals surface area contributed by atoms with Crippen molar-refractivity contribution in [3.63, 3.8) is 0 Å². The molecular formula is C22H23N9O5S3. The van der Waals surface area contributed by atoms with Crippen molar-refractivity contribution in [2.24, 2.45) is 5.16 Å². The number of anilines is 3. The number of carbonyl (C=O) groups excluding carboxylic acids is 3. The number of carbonyl (C=O) groups is 3. The van der Waals surface area contributed by atoms with E-state index in [4.69, 9.17) is 28.5 Å². The smallest absolute Gasteiger partial charge is 0.301 e. The van der Waals surface area contributed by atoms with Gasteiger partial charge in [0.25, 0.3) is 11.8 Å². The number of fused-ring (bicyclic) bond motifs is 1. The molecule has 0 bridgehead atoms. The Labute approximate surface area is 235 Å². The van der Waals surface area contributed by atoms with Gasteiger partial charge in [-0.05, 0) is 24.3 Å². The highest BCUT2D eigenvalue weighted by molar-refractivity contribution is 8.01. The van der Waals surface area contributed by atoms with Gasteiger partial charge in [0.2, 0.25) is 11.6 Å². The first kappa shape index (κ1) is 28.0.